The summed E-state index contributed by atoms with van der Waals surface area (Å²) in [6.45, 7) is -0.0133. The van der Waals surface area contributed by atoms with Gasteiger partial charge in [0.1, 0.15) is 5.82 Å². The third kappa shape index (κ3) is 2.21. The first-order valence-corrected chi connectivity index (χ1v) is 4.94. The average molecular weight is 260 g/mol. The second-order valence-corrected chi connectivity index (χ2v) is 3.49. The molecule has 0 atom stereocenters. The maximum Gasteiger partial charge on any atom is 0.419 e. The average Bonchev–Trinajstić information content (AvgIpc) is 2.76. The number of hydrogen-bond donors (Lipinski definition) is 1. The number of benzene rings is 1. The fourth-order valence-corrected chi connectivity index (χ4v) is 1.47. The number of aromatic nitrogens is 1. The Kier molecular flexibility index (Phi) is 3.08. The molecule has 1 aromatic heterocycles. The lowest BCUT2D eigenvalue weighted by Gasteiger charge is -2.09. The van der Waals surface area contributed by atoms with Crippen molar-refractivity contribution in [2.24, 2.45) is 5.73 Å². The first kappa shape index (κ1) is 12.6. The SMILES string of the molecule is NCc1ncc(-c2cccc(C(F)(F)F)c2F)o1. The van der Waals surface area contributed by atoms with Crippen LogP contribution in [0.3, 0.4) is 0 Å². The summed E-state index contributed by atoms with van der Waals surface area (Å²) in [5, 5.41) is 0. The molecule has 0 unspecified atom stereocenters. The van der Waals surface area contributed by atoms with Gasteiger partial charge in [-0.2, -0.15) is 13.2 Å². The molecular formula is C11H8F4N2O. The molecule has 1 heterocycles. The molecule has 0 aliphatic carbocycles. The molecule has 0 radical (unpaired) electrons. The summed E-state index contributed by atoms with van der Waals surface area (Å²) in [5.41, 5.74) is 3.61. The van der Waals surface area contributed by atoms with Crippen molar-refractivity contribution < 1.29 is 22.0 Å². The van der Waals surface area contributed by atoms with Gasteiger partial charge < -0.3 is 10.2 Å². The van der Waals surface area contributed by atoms with Gasteiger partial charge in [-0.3, -0.25) is 0 Å². The van der Waals surface area contributed by atoms with Crippen LogP contribution in [-0.4, -0.2) is 4.98 Å². The summed E-state index contributed by atoms with van der Waals surface area (Å²) in [5.74, 6) is -1.34. The molecule has 1 aromatic carbocycles. The van der Waals surface area contributed by atoms with Crippen LogP contribution in [0.2, 0.25) is 0 Å². The molecule has 2 N–H and O–H groups in total. The molecule has 0 aliphatic heterocycles. The molecule has 2 aromatic rings. The zero-order chi connectivity index (χ0) is 13.3. The second kappa shape index (κ2) is 4.41. The van der Waals surface area contributed by atoms with E-state index in [2.05, 4.69) is 4.98 Å². The smallest absolute Gasteiger partial charge is 0.419 e. The van der Waals surface area contributed by atoms with Crippen LogP contribution >= 0.6 is 0 Å². The van der Waals surface area contributed by atoms with E-state index in [-0.39, 0.29) is 23.8 Å². The lowest BCUT2D eigenvalue weighted by atomic mass is 10.1. The number of nitrogens with zero attached hydrogens (tertiary/aromatic N) is 1. The van der Waals surface area contributed by atoms with E-state index in [9.17, 15) is 17.6 Å². The van der Waals surface area contributed by atoms with Crippen molar-refractivity contribution in [2.75, 3.05) is 0 Å². The highest BCUT2D eigenvalue weighted by Gasteiger charge is 2.35. The third-order valence-corrected chi connectivity index (χ3v) is 2.30. The monoisotopic (exact) mass is 260 g/mol. The molecule has 96 valence electrons. The van der Waals surface area contributed by atoms with Gasteiger partial charge in [0.05, 0.1) is 23.9 Å². The maximum absolute atomic E-state index is 13.7. The summed E-state index contributed by atoms with van der Waals surface area (Å²) in [6, 6.07) is 2.95. The molecule has 18 heavy (non-hydrogen) atoms. The van der Waals surface area contributed by atoms with E-state index >= 15 is 0 Å². The van der Waals surface area contributed by atoms with Gasteiger partial charge in [0.2, 0.25) is 5.89 Å². The fraction of sp³-hybridized carbons (Fsp3) is 0.182. The Morgan fingerprint density at radius 2 is 2.00 bits per heavy atom. The van der Waals surface area contributed by atoms with Crippen LogP contribution in [0.5, 0.6) is 0 Å². The molecule has 3 nitrogen and oxygen atoms in total. The molecule has 0 saturated heterocycles. The molecule has 0 saturated carbocycles. The van der Waals surface area contributed by atoms with Crippen molar-refractivity contribution in [1.82, 2.24) is 4.98 Å². The van der Waals surface area contributed by atoms with Crippen molar-refractivity contribution in [2.45, 2.75) is 12.7 Å². The zero-order valence-electron chi connectivity index (χ0n) is 8.96. The van der Waals surface area contributed by atoms with Gasteiger partial charge in [-0.1, -0.05) is 6.07 Å². The quantitative estimate of drug-likeness (QED) is 0.844. The van der Waals surface area contributed by atoms with E-state index in [1.165, 1.54) is 6.07 Å². The summed E-state index contributed by atoms with van der Waals surface area (Å²) >= 11 is 0. The van der Waals surface area contributed by atoms with Crippen molar-refractivity contribution in [3.05, 3.63) is 41.7 Å². The predicted molar refractivity (Wildman–Crippen MR) is 54.8 cm³/mol. The fourth-order valence-electron chi connectivity index (χ4n) is 1.47. The van der Waals surface area contributed by atoms with E-state index in [1.807, 2.05) is 0 Å². The second-order valence-electron chi connectivity index (χ2n) is 3.49. The van der Waals surface area contributed by atoms with Gasteiger partial charge in [-0.25, -0.2) is 9.37 Å². The first-order chi connectivity index (χ1) is 8.43. The van der Waals surface area contributed by atoms with Crippen LogP contribution in [-0.2, 0) is 12.7 Å². The first-order valence-electron chi connectivity index (χ1n) is 4.94. The molecule has 2 rings (SSSR count). The highest BCUT2D eigenvalue weighted by molar-refractivity contribution is 5.59. The van der Waals surface area contributed by atoms with Crippen molar-refractivity contribution in [1.29, 1.82) is 0 Å². The summed E-state index contributed by atoms with van der Waals surface area (Å²) < 4.78 is 56.3. The van der Waals surface area contributed by atoms with Crippen LogP contribution < -0.4 is 5.73 Å². The molecular weight excluding hydrogens is 252 g/mol. The number of nitrogens with two attached hydrogens (primary N) is 1. The van der Waals surface area contributed by atoms with Gasteiger partial charge in [-0.05, 0) is 12.1 Å². The Bertz CT molecular complexity index is 562. The Hall–Kier alpha value is -1.89. The van der Waals surface area contributed by atoms with Gasteiger partial charge in [0.25, 0.3) is 0 Å². The number of alkyl halides is 3. The third-order valence-electron chi connectivity index (χ3n) is 2.30. The van der Waals surface area contributed by atoms with Gasteiger partial charge in [0, 0.05) is 0 Å². The maximum atomic E-state index is 13.7. The van der Waals surface area contributed by atoms with Gasteiger partial charge in [0.15, 0.2) is 5.76 Å². The number of halogens is 4. The molecule has 0 bridgehead atoms. The zero-order valence-corrected chi connectivity index (χ0v) is 8.96. The standard InChI is InChI=1S/C11H8F4N2O/c12-10-6(8-5-17-9(4-16)18-8)2-1-3-7(10)11(13,14)15/h1-3,5H,4,16H2. The van der Waals surface area contributed by atoms with E-state index < -0.39 is 17.6 Å². The van der Waals surface area contributed by atoms with Gasteiger partial charge in [-0.15, -0.1) is 0 Å². The van der Waals surface area contributed by atoms with Crippen LogP contribution in [0.1, 0.15) is 11.5 Å². The largest absolute Gasteiger partial charge is 0.439 e. The molecule has 7 heteroatoms. The van der Waals surface area contributed by atoms with Crippen LogP contribution in [0.4, 0.5) is 17.6 Å². The summed E-state index contributed by atoms with van der Waals surface area (Å²) in [6.07, 6.45) is -3.61. The lowest BCUT2D eigenvalue weighted by molar-refractivity contribution is -0.139. The van der Waals surface area contributed by atoms with E-state index in [4.69, 9.17) is 10.2 Å². The molecule has 0 amide bonds. The molecule has 0 spiro atoms. The van der Waals surface area contributed by atoms with Crippen molar-refractivity contribution in [3.63, 3.8) is 0 Å². The Morgan fingerprint density at radius 1 is 1.28 bits per heavy atom. The number of hydrogen-bond acceptors (Lipinski definition) is 3. The number of rotatable bonds is 2. The summed E-state index contributed by atoms with van der Waals surface area (Å²) in [4.78, 5) is 3.70. The van der Waals surface area contributed by atoms with Crippen LogP contribution in [0.25, 0.3) is 11.3 Å². The highest BCUT2D eigenvalue weighted by Crippen LogP contribution is 2.35. The minimum absolute atomic E-state index is 0.0133. The Balaban J connectivity index is 2.52. The highest BCUT2D eigenvalue weighted by atomic mass is 19.4. The molecule has 0 fully saturated rings. The van der Waals surface area contributed by atoms with E-state index in [0.717, 1.165) is 12.3 Å². The van der Waals surface area contributed by atoms with E-state index in [1.54, 1.807) is 0 Å². The van der Waals surface area contributed by atoms with Crippen molar-refractivity contribution >= 4 is 0 Å². The van der Waals surface area contributed by atoms with Crippen LogP contribution in [0, 0.1) is 5.82 Å². The van der Waals surface area contributed by atoms with Gasteiger partial charge >= 0.3 is 6.18 Å². The van der Waals surface area contributed by atoms with E-state index in [0.29, 0.717) is 6.07 Å². The Labute approximate surface area is 99.2 Å². The van der Waals surface area contributed by atoms with Crippen molar-refractivity contribution in [3.8, 4) is 11.3 Å². The Morgan fingerprint density at radius 3 is 2.56 bits per heavy atom. The predicted octanol–water partition coefficient (Wildman–Crippen LogP) is 2.96. The molecule has 0 aliphatic rings. The lowest BCUT2D eigenvalue weighted by Crippen LogP contribution is -2.08. The number of oxazole rings is 1. The summed E-state index contributed by atoms with van der Waals surface area (Å²) in [7, 11) is 0. The minimum Gasteiger partial charge on any atom is -0.439 e. The van der Waals surface area contributed by atoms with Crippen LogP contribution in [0.15, 0.2) is 28.8 Å². The minimum atomic E-state index is -4.75. The normalized spacial score (nSPS) is 11.8. The topological polar surface area (TPSA) is 52.0 Å².